The average molecular weight is 294 g/mol. The zero-order chi connectivity index (χ0) is 14.4. The molecular weight excluding hydrogens is 276 g/mol. The van der Waals surface area contributed by atoms with Crippen molar-refractivity contribution in [3.8, 4) is 11.5 Å². The first-order valence-corrected chi connectivity index (χ1v) is 7.18. The van der Waals surface area contributed by atoms with Crippen LogP contribution in [0.2, 0.25) is 0 Å². The number of nitrogens with one attached hydrogen (secondary N) is 1. The number of hydrogen-bond acceptors (Lipinski definition) is 6. The fourth-order valence-corrected chi connectivity index (χ4v) is 2.79. The fraction of sp³-hybridized carbons (Fsp3) is 0.357. The summed E-state index contributed by atoms with van der Waals surface area (Å²) in [5.41, 5.74) is 1.05. The van der Waals surface area contributed by atoms with Crippen molar-refractivity contribution in [3.05, 3.63) is 36.2 Å². The molecule has 2 aromatic rings. The van der Waals surface area contributed by atoms with Crippen molar-refractivity contribution in [3.63, 3.8) is 0 Å². The van der Waals surface area contributed by atoms with Crippen LogP contribution >= 0.6 is 11.8 Å². The Balaban J connectivity index is 2.16. The number of thioether (sulfide) groups is 1. The molecule has 2 rings (SSSR count). The maximum absolute atomic E-state index is 5.42. The first-order chi connectivity index (χ1) is 9.78. The summed E-state index contributed by atoms with van der Waals surface area (Å²) in [4.78, 5) is 4.11. The van der Waals surface area contributed by atoms with Gasteiger partial charge in [0.15, 0.2) is 0 Å². The normalized spacial score (nSPS) is 12.2. The maximum atomic E-state index is 5.42. The second kappa shape index (κ2) is 7.21. The lowest BCUT2D eigenvalue weighted by Gasteiger charge is -2.19. The van der Waals surface area contributed by atoms with Gasteiger partial charge in [-0.1, -0.05) is 11.8 Å². The standard InChI is InChI=1S/C14H18N2O3S/c1-15-12(9-20-14-16-6-7-19-14)11-8-10(17-2)4-5-13(11)18-3/h4-8,12,15H,9H2,1-3H3. The van der Waals surface area contributed by atoms with E-state index >= 15 is 0 Å². The number of oxazole rings is 1. The van der Waals surface area contributed by atoms with Gasteiger partial charge in [0.1, 0.15) is 17.8 Å². The van der Waals surface area contributed by atoms with Gasteiger partial charge < -0.3 is 19.2 Å². The maximum Gasteiger partial charge on any atom is 0.255 e. The van der Waals surface area contributed by atoms with Crippen molar-refractivity contribution in [2.75, 3.05) is 27.0 Å². The van der Waals surface area contributed by atoms with Gasteiger partial charge in [0, 0.05) is 17.4 Å². The first-order valence-electron chi connectivity index (χ1n) is 6.20. The van der Waals surface area contributed by atoms with Gasteiger partial charge in [-0.15, -0.1) is 0 Å². The van der Waals surface area contributed by atoms with E-state index in [0.717, 1.165) is 22.8 Å². The van der Waals surface area contributed by atoms with Crippen molar-refractivity contribution in [2.45, 2.75) is 11.3 Å². The minimum absolute atomic E-state index is 0.108. The lowest BCUT2D eigenvalue weighted by Crippen LogP contribution is -2.19. The zero-order valence-electron chi connectivity index (χ0n) is 11.8. The van der Waals surface area contributed by atoms with Crippen molar-refractivity contribution < 1.29 is 13.9 Å². The molecule has 0 radical (unpaired) electrons. The largest absolute Gasteiger partial charge is 0.497 e. The second-order valence-electron chi connectivity index (χ2n) is 4.06. The molecule has 1 aromatic carbocycles. The Morgan fingerprint density at radius 1 is 1.35 bits per heavy atom. The molecule has 0 spiro atoms. The summed E-state index contributed by atoms with van der Waals surface area (Å²) >= 11 is 1.55. The molecule has 0 bridgehead atoms. The van der Waals surface area contributed by atoms with Gasteiger partial charge in [0.2, 0.25) is 0 Å². The number of aromatic nitrogens is 1. The Morgan fingerprint density at radius 3 is 2.80 bits per heavy atom. The molecule has 0 fully saturated rings. The highest BCUT2D eigenvalue weighted by atomic mass is 32.2. The first kappa shape index (κ1) is 14.7. The lowest BCUT2D eigenvalue weighted by molar-refractivity contribution is 0.394. The fourth-order valence-electron chi connectivity index (χ4n) is 1.88. The van der Waals surface area contributed by atoms with E-state index < -0.39 is 0 Å². The third-order valence-corrected chi connectivity index (χ3v) is 3.89. The quantitative estimate of drug-likeness (QED) is 0.792. The van der Waals surface area contributed by atoms with E-state index in [0.29, 0.717) is 5.22 Å². The van der Waals surface area contributed by atoms with Crippen LogP contribution in [-0.2, 0) is 0 Å². The van der Waals surface area contributed by atoms with Crippen molar-refractivity contribution >= 4 is 11.8 Å². The predicted octanol–water partition coefficient (Wildman–Crippen LogP) is 2.74. The van der Waals surface area contributed by atoms with E-state index in [1.54, 1.807) is 38.4 Å². The Kier molecular flexibility index (Phi) is 5.31. The predicted molar refractivity (Wildman–Crippen MR) is 78.6 cm³/mol. The second-order valence-corrected chi connectivity index (χ2v) is 5.03. The molecule has 5 nitrogen and oxygen atoms in total. The van der Waals surface area contributed by atoms with E-state index in [-0.39, 0.29) is 6.04 Å². The van der Waals surface area contributed by atoms with Gasteiger partial charge in [-0.3, -0.25) is 0 Å². The van der Waals surface area contributed by atoms with Gasteiger partial charge in [0.25, 0.3) is 5.22 Å². The monoisotopic (exact) mass is 294 g/mol. The third-order valence-electron chi connectivity index (χ3n) is 2.94. The molecule has 1 unspecified atom stereocenters. The topological polar surface area (TPSA) is 56.5 Å². The molecule has 6 heteroatoms. The van der Waals surface area contributed by atoms with Crippen molar-refractivity contribution in [1.29, 1.82) is 0 Å². The van der Waals surface area contributed by atoms with Crippen molar-refractivity contribution in [2.24, 2.45) is 0 Å². The zero-order valence-corrected chi connectivity index (χ0v) is 12.6. The van der Waals surface area contributed by atoms with E-state index in [1.807, 2.05) is 25.2 Å². The van der Waals surface area contributed by atoms with Gasteiger partial charge in [0.05, 0.1) is 20.4 Å². The molecule has 0 saturated carbocycles. The van der Waals surface area contributed by atoms with E-state index in [9.17, 15) is 0 Å². The van der Waals surface area contributed by atoms with Gasteiger partial charge in [-0.2, -0.15) is 0 Å². The molecule has 20 heavy (non-hydrogen) atoms. The van der Waals surface area contributed by atoms with Gasteiger partial charge in [-0.05, 0) is 25.2 Å². The molecule has 0 aliphatic heterocycles. The number of methoxy groups -OCH3 is 2. The number of nitrogens with zero attached hydrogens (tertiary/aromatic N) is 1. The number of hydrogen-bond donors (Lipinski definition) is 1. The summed E-state index contributed by atoms with van der Waals surface area (Å²) in [6.07, 6.45) is 3.21. The number of benzene rings is 1. The number of rotatable bonds is 7. The summed E-state index contributed by atoms with van der Waals surface area (Å²) in [5, 5.41) is 3.94. The summed E-state index contributed by atoms with van der Waals surface area (Å²) in [6.45, 7) is 0. The highest BCUT2D eigenvalue weighted by Gasteiger charge is 2.17. The van der Waals surface area contributed by atoms with Gasteiger partial charge >= 0.3 is 0 Å². The smallest absolute Gasteiger partial charge is 0.255 e. The van der Waals surface area contributed by atoms with Crippen LogP contribution in [0.15, 0.2) is 40.3 Å². The van der Waals surface area contributed by atoms with Crippen molar-refractivity contribution in [1.82, 2.24) is 10.3 Å². The molecule has 0 amide bonds. The minimum Gasteiger partial charge on any atom is -0.497 e. The van der Waals surface area contributed by atoms with Gasteiger partial charge in [-0.25, -0.2) is 4.98 Å². The highest BCUT2D eigenvalue weighted by Crippen LogP contribution is 2.32. The van der Waals surface area contributed by atoms with Crippen LogP contribution in [0.25, 0.3) is 0 Å². The van der Waals surface area contributed by atoms with Crippen LogP contribution in [0.3, 0.4) is 0 Å². The lowest BCUT2D eigenvalue weighted by atomic mass is 10.1. The van der Waals surface area contributed by atoms with E-state index in [1.165, 1.54) is 0 Å². The summed E-state index contributed by atoms with van der Waals surface area (Å²) in [6, 6.07) is 5.89. The minimum atomic E-state index is 0.108. The molecule has 1 aromatic heterocycles. The average Bonchev–Trinajstić information content (AvgIpc) is 3.01. The Morgan fingerprint density at radius 2 is 2.20 bits per heavy atom. The summed E-state index contributed by atoms with van der Waals surface area (Å²) < 4.78 is 15.9. The molecule has 0 saturated heterocycles. The highest BCUT2D eigenvalue weighted by molar-refractivity contribution is 7.99. The van der Waals surface area contributed by atoms with Crippen LogP contribution in [0.5, 0.6) is 11.5 Å². The van der Waals surface area contributed by atoms with Crippen LogP contribution < -0.4 is 14.8 Å². The molecule has 0 aliphatic carbocycles. The Hall–Kier alpha value is -1.66. The molecule has 1 heterocycles. The molecular formula is C14H18N2O3S. The van der Waals surface area contributed by atoms with Crippen LogP contribution in [0.1, 0.15) is 11.6 Å². The molecule has 108 valence electrons. The number of ether oxygens (including phenoxy) is 2. The molecule has 1 N–H and O–H groups in total. The Bertz CT molecular complexity index is 531. The van der Waals surface area contributed by atoms with E-state index in [2.05, 4.69) is 10.3 Å². The third kappa shape index (κ3) is 3.46. The summed E-state index contributed by atoms with van der Waals surface area (Å²) in [5.74, 6) is 2.42. The van der Waals surface area contributed by atoms with Crippen LogP contribution in [0.4, 0.5) is 0 Å². The Labute approximate surface area is 122 Å². The summed E-state index contributed by atoms with van der Waals surface area (Å²) in [7, 11) is 5.24. The molecule has 0 aliphatic rings. The van der Waals surface area contributed by atoms with Crippen LogP contribution in [-0.4, -0.2) is 32.0 Å². The molecule has 1 atom stereocenters. The van der Waals surface area contributed by atoms with E-state index in [4.69, 9.17) is 13.9 Å². The SMILES string of the molecule is CNC(CSc1ncco1)c1cc(OC)ccc1OC. The van der Waals surface area contributed by atoms with Crippen LogP contribution in [0, 0.1) is 0 Å².